The molecule has 0 amide bonds. The zero-order valence-corrected chi connectivity index (χ0v) is 12.8. The molecule has 0 bridgehead atoms. The highest BCUT2D eigenvalue weighted by molar-refractivity contribution is 6.88. The predicted molar refractivity (Wildman–Crippen MR) is 79.1 cm³/mol. The first-order valence-corrected chi connectivity index (χ1v) is 10.1. The Bertz CT molecular complexity index is 488. The van der Waals surface area contributed by atoms with Crippen molar-refractivity contribution >= 4 is 13.3 Å². The van der Waals surface area contributed by atoms with E-state index in [0.717, 1.165) is 25.3 Å². The third kappa shape index (κ3) is 4.29. The summed E-state index contributed by atoms with van der Waals surface area (Å²) in [5, 5.41) is 8.67. The van der Waals surface area contributed by atoms with Crippen molar-refractivity contribution in [3.8, 4) is 0 Å². The van der Waals surface area contributed by atoms with E-state index in [9.17, 15) is 0 Å². The van der Waals surface area contributed by atoms with Gasteiger partial charge in [0.1, 0.15) is 0 Å². The van der Waals surface area contributed by atoms with Gasteiger partial charge < -0.3 is 9.84 Å². The van der Waals surface area contributed by atoms with Crippen LogP contribution in [0.4, 0.5) is 0 Å². The monoisotopic (exact) mass is 275 g/mol. The Balaban J connectivity index is 1.77. The molecule has 0 saturated carbocycles. The molecule has 0 spiro atoms. The van der Waals surface area contributed by atoms with Crippen LogP contribution in [0.3, 0.4) is 0 Å². The van der Waals surface area contributed by atoms with E-state index < -0.39 is 8.07 Å². The van der Waals surface area contributed by atoms with Crippen LogP contribution in [-0.2, 0) is 13.0 Å². The second-order valence-electron chi connectivity index (χ2n) is 5.72. The van der Waals surface area contributed by atoms with Crippen LogP contribution in [-0.4, -0.2) is 24.8 Å². The summed E-state index contributed by atoms with van der Waals surface area (Å²) < 4.78 is 4.69. The summed E-state index contributed by atoms with van der Waals surface area (Å²) in [4.78, 5) is 3.99. The van der Waals surface area contributed by atoms with Gasteiger partial charge in [0.15, 0.2) is 5.82 Å². The molecule has 1 N–H and O–H groups in total. The van der Waals surface area contributed by atoms with Gasteiger partial charge in [0.05, 0.1) is 8.07 Å². The molecule has 0 radical (unpaired) electrons. The van der Waals surface area contributed by atoms with Crippen molar-refractivity contribution < 1.29 is 4.52 Å². The third-order valence-corrected chi connectivity index (χ3v) is 5.15. The van der Waals surface area contributed by atoms with Crippen molar-refractivity contribution in [1.82, 2.24) is 15.5 Å². The van der Waals surface area contributed by atoms with Crippen LogP contribution < -0.4 is 10.5 Å². The molecule has 0 aliphatic carbocycles. The number of hydrogen-bond acceptors (Lipinski definition) is 4. The molecular weight excluding hydrogens is 254 g/mol. The molecule has 19 heavy (non-hydrogen) atoms. The average Bonchev–Trinajstić information content (AvgIpc) is 2.87. The number of nitrogens with one attached hydrogen (secondary N) is 1. The van der Waals surface area contributed by atoms with Crippen LogP contribution >= 0.6 is 0 Å². The molecule has 0 saturated heterocycles. The second-order valence-corrected chi connectivity index (χ2v) is 10.8. The van der Waals surface area contributed by atoms with Crippen molar-refractivity contribution in [2.75, 3.05) is 6.54 Å². The number of benzene rings is 1. The topological polar surface area (TPSA) is 51.0 Å². The van der Waals surface area contributed by atoms with Gasteiger partial charge in [0.25, 0.3) is 0 Å². The number of rotatable bonds is 6. The van der Waals surface area contributed by atoms with Gasteiger partial charge in [-0.05, 0) is 5.56 Å². The van der Waals surface area contributed by atoms with E-state index in [1.807, 2.05) is 0 Å². The molecule has 0 aliphatic heterocycles. The van der Waals surface area contributed by atoms with E-state index in [0.29, 0.717) is 0 Å². The lowest BCUT2D eigenvalue weighted by molar-refractivity contribution is 0.409. The van der Waals surface area contributed by atoms with Crippen LogP contribution in [0, 0.1) is 0 Å². The van der Waals surface area contributed by atoms with E-state index in [2.05, 4.69) is 63.9 Å². The summed E-state index contributed by atoms with van der Waals surface area (Å²) in [6, 6.07) is 8.97. The van der Waals surface area contributed by atoms with E-state index in [4.69, 9.17) is 0 Å². The third-order valence-electron chi connectivity index (χ3n) is 3.08. The van der Waals surface area contributed by atoms with Gasteiger partial charge in [-0.2, -0.15) is 4.98 Å². The fourth-order valence-electron chi connectivity index (χ4n) is 1.86. The quantitative estimate of drug-likeness (QED) is 0.646. The summed E-state index contributed by atoms with van der Waals surface area (Å²) >= 11 is 0. The molecule has 1 heterocycles. The Morgan fingerprint density at radius 3 is 2.47 bits per heavy atom. The number of hydrogen-bond donors (Lipinski definition) is 1. The molecule has 4 nitrogen and oxygen atoms in total. The van der Waals surface area contributed by atoms with Crippen LogP contribution in [0.5, 0.6) is 0 Å². The fourth-order valence-corrected chi connectivity index (χ4v) is 3.02. The summed E-state index contributed by atoms with van der Waals surface area (Å²) in [5.41, 5.74) is 1.31. The minimum atomic E-state index is -1.18. The van der Waals surface area contributed by atoms with Crippen molar-refractivity contribution in [2.24, 2.45) is 0 Å². The highest BCUT2D eigenvalue weighted by atomic mass is 28.3. The van der Waals surface area contributed by atoms with Crippen LogP contribution in [0.15, 0.2) is 35.2 Å². The summed E-state index contributed by atoms with van der Waals surface area (Å²) in [6.07, 6.45) is 2.16. The molecule has 1 aromatic heterocycles. The predicted octanol–water partition coefficient (Wildman–Crippen LogP) is 1.95. The Kier molecular flexibility index (Phi) is 4.50. The van der Waals surface area contributed by atoms with Gasteiger partial charge in [-0.3, -0.25) is 0 Å². The van der Waals surface area contributed by atoms with E-state index in [1.165, 1.54) is 17.1 Å². The maximum Gasteiger partial charge on any atom is 0.213 e. The number of nitrogens with zero attached hydrogens (tertiary/aromatic N) is 2. The lowest BCUT2D eigenvalue weighted by atomic mass is 10.2. The molecule has 2 aromatic rings. The Morgan fingerprint density at radius 1 is 1.16 bits per heavy atom. The first-order chi connectivity index (χ1) is 9.05. The Labute approximate surface area is 115 Å². The smallest absolute Gasteiger partial charge is 0.213 e. The first kappa shape index (κ1) is 14.0. The SMILES string of the molecule is C[Si](C)(C)c1ccc(CNCCc2ncon2)cc1. The highest BCUT2D eigenvalue weighted by Crippen LogP contribution is 2.04. The molecule has 1 aromatic carbocycles. The van der Waals surface area contributed by atoms with Gasteiger partial charge in [-0.15, -0.1) is 0 Å². The Hall–Kier alpha value is -1.46. The summed E-state index contributed by atoms with van der Waals surface area (Å²) in [5.74, 6) is 0.751. The van der Waals surface area contributed by atoms with Gasteiger partial charge >= 0.3 is 0 Å². The van der Waals surface area contributed by atoms with Gasteiger partial charge in [0.2, 0.25) is 6.39 Å². The molecule has 102 valence electrons. The molecule has 2 rings (SSSR count). The normalized spacial score (nSPS) is 11.7. The minimum Gasteiger partial charge on any atom is -0.343 e. The molecule has 0 fully saturated rings. The maximum atomic E-state index is 4.69. The summed E-state index contributed by atoms with van der Waals surface area (Å²) in [6.45, 7) is 8.83. The number of aromatic nitrogens is 2. The minimum absolute atomic E-state index is 0.751. The molecule has 5 heteroatoms. The fraction of sp³-hybridized carbons (Fsp3) is 0.429. The van der Waals surface area contributed by atoms with Crippen molar-refractivity contribution in [1.29, 1.82) is 0 Å². The van der Waals surface area contributed by atoms with E-state index in [1.54, 1.807) is 0 Å². The van der Waals surface area contributed by atoms with Crippen molar-refractivity contribution in [2.45, 2.75) is 32.6 Å². The van der Waals surface area contributed by atoms with Crippen molar-refractivity contribution in [3.63, 3.8) is 0 Å². The second kappa shape index (κ2) is 6.12. The largest absolute Gasteiger partial charge is 0.343 e. The summed E-state index contributed by atoms with van der Waals surface area (Å²) in [7, 11) is -1.18. The van der Waals surface area contributed by atoms with E-state index in [-0.39, 0.29) is 0 Å². The zero-order valence-electron chi connectivity index (χ0n) is 11.8. The van der Waals surface area contributed by atoms with Crippen LogP contribution in [0.2, 0.25) is 19.6 Å². The lowest BCUT2D eigenvalue weighted by Crippen LogP contribution is -2.37. The van der Waals surface area contributed by atoms with Crippen LogP contribution in [0.25, 0.3) is 0 Å². The average molecular weight is 275 g/mol. The standard InChI is InChI=1S/C14H21N3OSi/c1-19(2,3)13-6-4-12(5-7-13)10-15-9-8-14-16-11-18-17-14/h4-7,11,15H,8-10H2,1-3H3. The lowest BCUT2D eigenvalue weighted by Gasteiger charge is -2.16. The van der Waals surface area contributed by atoms with Crippen molar-refractivity contribution in [3.05, 3.63) is 42.0 Å². The van der Waals surface area contributed by atoms with E-state index >= 15 is 0 Å². The highest BCUT2D eigenvalue weighted by Gasteiger charge is 2.15. The molecular formula is C14H21N3OSi. The van der Waals surface area contributed by atoms with Crippen LogP contribution in [0.1, 0.15) is 11.4 Å². The maximum absolute atomic E-state index is 4.69. The van der Waals surface area contributed by atoms with Gasteiger partial charge in [-0.1, -0.05) is 54.2 Å². The Morgan fingerprint density at radius 2 is 1.89 bits per heavy atom. The zero-order chi connectivity index (χ0) is 13.7. The van der Waals surface area contributed by atoms with Gasteiger partial charge in [0, 0.05) is 19.5 Å². The first-order valence-electron chi connectivity index (χ1n) is 6.61. The van der Waals surface area contributed by atoms with Gasteiger partial charge in [-0.25, -0.2) is 0 Å². The molecule has 0 unspecified atom stereocenters. The molecule has 0 aliphatic rings. The molecule has 0 atom stereocenters.